The minimum atomic E-state index is -0.996. The van der Waals surface area contributed by atoms with Crippen LogP contribution in [0, 0.1) is 10.1 Å². The number of benzene rings is 1. The molecule has 3 N–H and O–H groups in total. The molecule has 0 saturated heterocycles. The molecule has 1 unspecified atom stereocenters. The number of hydrogen-bond acceptors (Lipinski definition) is 7. The topological polar surface area (TPSA) is 140 Å². The second-order valence-electron chi connectivity index (χ2n) is 5.35. The molecular weight excluding hydrogens is 346 g/mol. The summed E-state index contributed by atoms with van der Waals surface area (Å²) in [5.74, 6) is -1.43. The molecule has 10 heteroatoms. The summed E-state index contributed by atoms with van der Waals surface area (Å²) in [7, 11) is 1.20. The number of nitro groups is 1. The van der Waals surface area contributed by atoms with E-state index in [1.54, 1.807) is 13.8 Å². The molecule has 10 nitrogen and oxygen atoms in total. The number of amides is 2. The highest BCUT2D eigenvalue weighted by Gasteiger charge is 2.35. The normalized spacial score (nSPS) is 16.6. The molecule has 1 aliphatic rings. The smallest absolute Gasteiger partial charge is 0.337 e. The molecule has 140 valence electrons. The Morgan fingerprint density at radius 2 is 2.08 bits per heavy atom. The van der Waals surface area contributed by atoms with Gasteiger partial charge in [-0.2, -0.15) is 0 Å². The number of ether oxygens (including phenoxy) is 2. The van der Waals surface area contributed by atoms with E-state index in [9.17, 15) is 24.8 Å². The van der Waals surface area contributed by atoms with E-state index in [-0.39, 0.29) is 23.5 Å². The van der Waals surface area contributed by atoms with Crippen LogP contribution >= 0.6 is 0 Å². The predicted octanol–water partition coefficient (Wildman–Crippen LogP) is 1.89. The molecule has 0 bridgehead atoms. The molecule has 0 fully saturated rings. The summed E-state index contributed by atoms with van der Waals surface area (Å²) in [6, 6.07) is 0.876. The van der Waals surface area contributed by atoms with Gasteiger partial charge in [0.25, 0.3) is 0 Å². The lowest BCUT2D eigenvalue weighted by atomic mass is 9.93. The summed E-state index contributed by atoms with van der Waals surface area (Å²) in [6.45, 7) is 3.55. The van der Waals surface area contributed by atoms with Crippen molar-refractivity contribution in [2.24, 2.45) is 0 Å². The molecule has 0 aliphatic carbocycles. The lowest BCUT2D eigenvalue weighted by Crippen LogP contribution is -2.45. The molecule has 2 rings (SSSR count). The van der Waals surface area contributed by atoms with Crippen LogP contribution in [0.5, 0.6) is 11.5 Å². The van der Waals surface area contributed by atoms with Gasteiger partial charge in [0, 0.05) is 11.8 Å². The number of phenols is 1. The van der Waals surface area contributed by atoms with Crippen molar-refractivity contribution in [3.05, 3.63) is 39.1 Å². The monoisotopic (exact) mass is 365 g/mol. The number of urea groups is 1. The second kappa shape index (κ2) is 7.72. The SMILES string of the molecule is CCOc1cc(C2NC(=O)NC(CC)=C2C(=O)OC)cc([N+](=O)[O-])c1O. The van der Waals surface area contributed by atoms with Crippen molar-refractivity contribution in [1.82, 2.24) is 10.6 Å². The molecule has 1 aliphatic heterocycles. The van der Waals surface area contributed by atoms with E-state index in [0.717, 1.165) is 6.07 Å². The van der Waals surface area contributed by atoms with Gasteiger partial charge in [0.2, 0.25) is 5.75 Å². The Morgan fingerprint density at radius 3 is 2.62 bits per heavy atom. The molecule has 1 aromatic rings. The van der Waals surface area contributed by atoms with Gasteiger partial charge in [-0.15, -0.1) is 0 Å². The summed E-state index contributed by atoms with van der Waals surface area (Å²) < 4.78 is 10.0. The van der Waals surface area contributed by atoms with E-state index < -0.39 is 34.4 Å². The fourth-order valence-corrected chi connectivity index (χ4v) is 2.68. The highest BCUT2D eigenvalue weighted by molar-refractivity contribution is 5.95. The third-order valence-electron chi connectivity index (χ3n) is 3.82. The summed E-state index contributed by atoms with van der Waals surface area (Å²) >= 11 is 0. The Morgan fingerprint density at radius 1 is 1.38 bits per heavy atom. The molecule has 26 heavy (non-hydrogen) atoms. The van der Waals surface area contributed by atoms with Crippen LogP contribution in [0.2, 0.25) is 0 Å². The summed E-state index contributed by atoms with van der Waals surface area (Å²) in [6.07, 6.45) is 0.340. The molecule has 0 spiro atoms. The minimum absolute atomic E-state index is 0.119. The van der Waals surface area contributed by atoms with Gasteiger partial charge in [0.1, 0.15) is 0 Å². The van der Waals surface area contributed by atoms with Crippen LogP contribution in [-0.4, -0.2) is 35.7 Å². The molecule has 0 saturated carbocycles. The van der Waals surface area contributed by atoms with Crippen LogP contribution in [0.3, 0.4) is 0 Å². The van der Waals surface area contributed by atoms with E-state index in [1.807, 2.05) is 0 Å². The van der Waals surface area contributed by atoms with Gasteiger partial charge in [-0.1, -0.05) is 6.92 Å². The number of carbonyl (C=O) groups is 2. The molecule has 0 aromatic heterocycles. The van der Waals surface area contributed by atoms with Gasteiger partial charge >= 0.3 is 17.7 Å². The number of allylic oxidation sites excluding steroid dienone is 1. The zero-order chi connectivity index (χ0) is 19.4. The first-order chi connectivity index (χ1) is 12.3. The summed E-state index contributed by atoms with van der Waals surface area (Å²) in [5.41, 5.74) is 0.0801. The highest BCUT2D eigenvalue weighted by Crippen LogP contribution is 2.41. The Labute approximate surface area is 148 Å². The van der Waals surface area contributed by atoms with Crippen molar-refractivity contribution in [2.45, 2.75) is 26.3 Å². The van der Waals surface area contributed by atoms with E-state index >= 15 is 0 Å². The number of nitrogens with one attached hydrogen (secondary N) is 2. The molecule has 1 aromatic carbocycles. The number of carbonyl (C=O) groups excluding carboxylic acids is 2. The van der Waals surface area contributed by atoms with Gasteiger partial charge in [-0.05, 0) is 25.0 Å². The maximum absolute atomic E-state index is 12.2. The van der Waals surface area contributed by atoms with E-state index in [0.29, 0.717) is 12.1 Å². The van der Waals surface area contributed by atoms with Gasteiger partial charge < -0.3 is 25.2 Å². The highest BCUT2D eigenvalue weighted by atomic mass is 16.6. The lowest BCUT2D eigenvalue weighted by Gasteiger charge is -2.29. The van der Waals surface area contributed by atoms with Crippen LogP contribution in [0.25, 0.3) is 0 Å². The summed E-state index contributed by atoms with van der Waals surface area (Å²) in [5, 5.41) is 26.4. The predicted molar refractivity (Wildman–Crippen MR) is 89.7 cm³/mol. The number of esters is 1. The van der Waals surface area contributed by atoms with Crippen LogP contribution < -0.4 is 15.4 Å². The van der Waals surface area contributed by atoms with E-state index in [2.05, 4.69) is 10.6 Å². The maximum atomic E-state index is 12.2. The first-order valence-corrected chi connectivity index (χ1v) is 7.86. The fourth-order valence-electron chi connectivity index (χ4n) is 2.68. The standard InChI is InChI=1S/C16H19N3O7/c1-4-9-12(15(21)25-3)13(18-16(22)17-9)8-6-10(19(23)24)14(20)11(7-8)26-5-2/h6-7,13,20H,4-5H2,1-3H3,(H2,17,18,22). The number of nitrogens with zero attached hydrogens (tertiary/aromatic N) is 1. The molecule has 0 radical (unpaired) electrons. The zero-order valence-corrected chi connectivity index (χ0v) is 14.5. The lowest BCUT2D eigenvalue weighted by molar-refractivity contribution is -0.386. The van der Waals surface area contributed by atoms with Gasteiger partial charge in [-0.25, -0.2) is 9.59 Å². The Bertz CT molecular complexity index is 788. The van der Waals surface area contributed by atoms with E-state index in [4.69, 9.17) is 9.47 Å². The fraction of sp³-hybridized carbons (Fsp3) is 0.375. The number of nitro benzene ring substituents is 1. The minimum Gasteiger partial charge on any atom is -0.500 e. The van der Waals surface area contributed by atoms with Crippen LogP contribution in [-0.2, 0) is 9.53 Å². The number of hydrogen-bond donors (Lipinski definition) is 3. The zero-order valence-electron chi connectivity index (χ0n) is 14.5. The van der Waals surface area contributed by atoms with Crippen molar-refractivity contribution in [1.29, 1.82) is 0 Å². The van der Waals surface area contributed by atoms with E-state index in [1.165, 1.54) is 13.2 Å². The van der Waals surface area contributed by atoms with Crippen LogP contribution in [0.1, 0.15) is 31.9 Å². The van der Waals surface area contributed by atoms with Gasteiger partial charge in [0.15, 0.2) is 5.75 Å². The van der Waals surface area contributed by atoms with Crippen LogP contribution in [0.4, 0.5) is 10.5 Å². The Balaban J connectivity index is 2.68. The van der Waals surface area contributed by atoms with Crippen LogP contribution in [0.15, 0.2) is 23.4 Å². The number of rotatable bonds is 6. The Hall–Kier alpha value is -3.30. The van der Waals surface area contributed by atoms with Crippen molar-refractivity contribution in [3.8, 4) is 11.5 Å². The largest absolute Gasteiger partial charge is 0.500 e. The molecular formula is C16H19N3O7. The maximum Gasteiger partial charge on any atom is 0.337 e. The van der Waals surface area contributed by atoms with Crippen molar-refractivity contribution < 1.29 is 29.1 Å². The van der Waals surface area contributed by atoms with Crippen molar-refractivity contribution >= 4 is 17.7 Å². The first kappa shape index (κ1) is 19.0. The number of phenolic OH excluding ortho intramolecular Hbond substituents is 1. The number of aromatic hydroxyl groups is 1. The number of methoxy groups -OCH3 is 1. The van der Waals surface area contributed by atoms with Crippen molar-refractivity contribution in [2.75, 3.05) is 13.7 Å². The molecule has 1 atom stereocenters. The quantitative estimate of drug-likeness (QED) is 0.397. The Kier molecular flexibility index (Phi) is 5.65. The van der Waals surface area contributed by atoms with Crippen molar-refractivity contribution in [3.63, 3.8) is 0 Å². The summed E-state index contributed by atoms with van der Waals surface area (Å²) in [4.78, 5) is 34.7. The molecule has 2 amide bonds. The second-order valence-corrected chi connectivity index (χ2v) is 5.35. The first-order valence-electron chi connectivity index (χ1n) is 7.86. The molecule has 1 heterocycles. The third-order valence-corrected chi connectivity index (χ3v) is 3.82. The average Bonchev–Trinajstić information content (AvgIpc) is 2.61. The van der Waals surface area contributed by atoms with Gasteiger partial charge in [-0.3, -0.25) is 10.1 Å². The van der Waals surface area contributed by atoms with Gasteiger partial charge in [0.05, 0.1) is 30.3 Å². The average molecular weight is 365 g/mol. The third kappa shape index (κ3) is 3.53.